The highest BCUT2D eigenvalue weighted by atomic mass is 16.4. The molecule has 0 saturated carbocycles. The summed E-state index contributed by atoms with van der Waals surface area (Å²) in [5, 5.41) is 37.9. The van der Waals surface area contributed by atoms with Crippen LogP contribution in [0.1, 0.15) is 5.56 Å². The lowest BCUT2D eigenvalue weighted by Gasteiger charge is -2.33. The summed E-state index contributed by atoms with van der Waals surface area (Å²) in [6.07, 6.45) is 0. The summed E-state index contributed by atoms with van der Waals surface area (Å²) in [7, 11) is 0. The lowest BCUT2D eigenvalue weighted by atomic mass is 10.2. The summed E-state index contributed by atoms with van der Waals surface area (Å²) >= 11 is 0. The number of carboxylic acids is 3. The molecular weight excluding hydrogens is 420 g/mol. The van der Waals surface area contributed by atoms with E-state index in [2.05, 4.69) is 4.90 Å². The average molecular weight is 453 g/mol. The number of benzene rings is 1. The first-order chi connectivity index (χ1) is 15.2. The van der Waals surface area contributed by atoms with Gasteiger partial charge in [-0.05, 0) is 6.07 Å². The van der Waals surface area contributed by atoms with Crippen LogP contribution in [0.4, 0.5) is 0 Å². The Bertz CT molecular complexity index is 744. The number of hydrogen-bond donors (Lipinski definition) is 4. The van der Waals surface area contributed by atoms with Gasteiger partial charge in [-0.1, -0.05) is 18.2 Å². The summed E-state index contributed by atoms with van der Waals surface area (Å²) in [6.45, 7) is 3.34. The quantitative estimate of drug-likeness (QED) is 0.400. The van der Waals surface area contributed by atoms with Crippen molar-refractivity contribution in [2.75, 3.05) is 72.0 Å². The Morgan fingerprint density at radius 1 is 0.625 bits per heavy atom. The van der Waals surface area contributed by atoms with Gasteiger partial charge in [-0.25, -0.2) is 0 Å². The highest BCUT2D eigenvalue weighted by Gasteiger charge is 2.20. The number of nitrogens with zero attached hydrogens (tertiary/aromatic N) is 4. The highest BCUT2D eigenvalue weighted by Crippen LogP contribution is 2.18. The molecule has 0 aromatic heterocycles. The molecule has 11 heteroatoms. The zero-order valence-electron chi connectivity index (χ0n) is 18.1. The second-order valence-electron chi connectivity index (χ2n) is 7.91. The van der Waals surface area contributed by atoms with Crippen molar-refractivity contribution in [1.29, 1.82) is 0 Å². The molecule has 0 aliphatic carbocycles. The van der Waals surface area contributed by atoms with Crippen LogP contribution in [-0.2, 0) is 20.9 Å². The van der Waals surface area contributed by atoms with Crippen LogP contribution >= 0.6 is 0 Å². The number of carboxylic acid groups (broad SMARTS) is 3. The first kappa shape index (κ1) is 25.5. The SMILES string of the molecule is O=C(O)CN1CCN(CC(=O)O)CCN(Cc2ccccc2O)CCN(CC(=O)O)CC1. The molecule has 1 heterocycles. The molecule has 0 bridgehead atoms. The summed E-state index contributed by atoms with van der Waals surface area (Å²) in [5.41, 5.74) is 0.738. The molecule has 1 saturated heterocycles. The molecule has 0 amide bonds. The Balaban J connectivity index is 2.17. The first-order valence-corrected chi connectivity index (χ1v) is 10.5. The van der Waals surface area contributed by atoms with Gasteiger partial charge in [-0.2, -0.15) is 0 Å². The average Bonchev–Trinajstić information content (AvgIpc) is 2.70. The minimum atomic E-state index is -0.986. The number of hydrogen-bond acceptors (Lipinski definition) is 8. The van der Waals surface area contributed by atoms with Crippen molar-refractivity contribution in [2.24, 2.45) is 0 Å². The van der Waals surface area contributed by atoms with Crippen LogP contribution in [0, 0.1) is 0 Å². The topological polar surface area (TPSA) is 145 Å². The first-order valence-electron chi connectivity index (χ1n) is 10.5. The van der Waals surface area contributed by atoms with Gasteiger partial charge in [0.2, 0.25) is 0 Å². The summed E-state index contributed by atoms with van der Waals surface area (Å²) in [5.74, 6) is -2.73. The van der Waals surface area contributed by atoms with Gasteiger partial charge in [-0.15, -0.1) is 0 Å². The van der Waals surface area contributed by atoms with E-state index < -0.39 is 17.9 Å². The van der Waals surface area contributed by atoms with Crippen LogP contribution in [0.3, 0.4) is 0 Å². The maximum Gasteiger partial charge on any atom is 0.317 e. The minimum absolute atomic E-state index is 0.156. The van der Waals surface area contributed by atoms with Crippen molar-refractivity contribution in [3.05, 3.63) is 29.8 Å². The molecule has 1 fully saturated rings. The molecule has 0 radical (unpaired) electrons. The van der Waals surface area contributed by atoms with E-state index >= 15 is 0 Å². The Kier molecular flexibility index (Phi) is 10.3. The summed E-state index contributed by atoms with van der Waals surface area (Å²) in [4.78, 5) is 41.1. The van der Waals surface area contributed by atoms with Crippen molar-refractivity contribution in [3.63, 3.8) is 0 Å². The van der Waals surface area contributed by atoms with E-state index in [4.69, 9.17) is 0 Å². The van der Waals surface area contributed by atoms with Crippen LogP contribution in [0.25, 0.3) is 0 Å². The fourth-order valence-electron chi connectivity index (χ4n) is 3.67. The predicted molar refractivity (Wildman–Crippen MR) is 116 cm³/mol. The van der Waals surface area contributed by atoms with E-state index in [0.717, 1.165) is 5.56 Å². The summed E-state index contributed by atoms with van der Waals surface area (Å²) in [6, 6.07) is 6.99. The number of aliphatic carboxylic acids is 3. The second-order valence-corrected chi connectivity index (χ2v) is 7.91. The standard InChI is InChI=1S/C21H32N4O7/c26-18-4-2-1-3-17(18)13-22-5-7-23(14-19(27)28)9-11-25(16-21(31)32)12-10-24(8-6-22)15-20(29)30/h1-4,26H,5-16H2,(H,27,28)(H,29,30)(H,31,32). The fraction of sp³-hybridized carbons (Fsp3) is 0.571. The van der Waals surface area contributed by atoms with Gasteiger partial charge in [0.25, 0.3) is 0 Å². The number of rotatable bonds is 8. The molecule has 1 aliphatic heterocycles. The zero-order chi connectivity index (χ0) is 23.5. The van der Waals surface area contributed by atoms with Gasteiger partial charge < -0.3 is 20.4 Å². The van der Waals surface area contributed by atoms with E-state index in [1.807, 2.05) is 12.1 Å². The maximum absolute atomic E-state index is 11.3. The third-order valence-electron chi connectivity index (χ3n) is 5.39. The van der Waals surface area contributed by atoms with Crippen molar-refractivity contribution in [1.82, 2.24) is 19.6 Å². The van der Waals surface area contributed by atoms with E-state index in [1.54, 1.807) is 26.8 Å². The van der Waals surface area contributed by atoms with Crippen LogP contribution < -0.4 is 0 Å². The van der Waals surface area contributed by atoms with Gasteiger partial charge in [0, 0.05) is 64.5 Å². The number of aromatic hydroxyl groups is 1. The third kappa shape index (κ3) is 9.60. The number of phenols is 1. The molecular formula is C21H32N4O7. The molecule has 2 rings (SSSR count). The molecule has 0 atom stereocenters. The third-order valence-corrected chi connectivity index (χ3v) is 5.39. The number of para-hydroxylation sites is 1. The van der Waals surface area contributed by atoms with Gasteiger partial charge in [0.05, 0.1) is 19.6 Å². The molecule has 1 aromatic rings. The molecule has 0 spiro atoms. The van der Waals surface area contributed by atoms with Gasteiger partial charge in [-0.3, -0.25) is 34.0 Å². The van der Waals surface area contributed by atoms with E-state index in [9.17, 15) is 34.8 Å². The maximum atomic E-state index is 11.3. The van der Waals surface area contributed by atoms with Crippen molar-refractivity contribution < 1.29 is 34.8 Å². The zero-order valence-corrected chi connectivity index (χ0v) is 18.1. The smallest absolute Gasteiger partial charge is 0.317 e. The monoisotopic (exact) mass is 452 g/mol. The highest BCUT2D eigenvalue weighted by molar-refractivity contribution is 5.69. The van der Waals surface area contributed by atoms with Crippen molar-refractivity contribution >= 4 is 17.9 Å². The molecule has 1 aromatic carbocycles. The Labute approximate surface area is 187 Å². The Morgan fingerprint density at radius 3 is 1.31 bits per heavy atom. The fourth-order valence-corrected chi connectivity index (χ4v) is 3.67. The van der Waals surface area contributed by atoms with Crippen molar-refractivity contribution in [3.8, 4) is 5.75 Å². The van der Waals surface area contributed by atoms with Gasteiger partial charge in [0.1, 0.15) is 5.75 Å². The molecule has 1 aliphatic rings. The van der Waals surface area contributed by atoms with Crippen LogP contribution in [0.5, 0.6) is 5.75 Å². The molecule has 4 N–H and O–H groups in total. The Hall–Kier alpha value is -2.73. The number of carbonyl (C=O) groups is 3. The van der Waals surface area contributed by atoms with E-state index in [0.29, 0.717) is 58.9 Å². The molecule has 0 unspecified atom stereocenters. The Morgan fingerprint density at radius 2 is 0.969 bits per heavy atom. The largest absolute Gasteiger partial charge is 0.508 e. The number of phenolic OH excluding ortho intramolecular Hbond substituents is 1. The summed E-state index contributed by atoms with van der Waals surface area (Å²) < 4.78 is 0. The lowest BCUT2D eigenvalue weighted by molar-refractivity contribution is -0.140. The normalized spacial score (nSPS) is 18.5. The van der Waals surface area contributed by atoms with Gasteiger partial charge in [0.15, 0.2) is 0 Å². The molecule has 11 nitrogen and oxygen atoms in total. The van der Waals surface area contributed by atoms with Crippen molar-refractivity contribution in [2.45, 2.75) is 6.54 Å². The van der Waals surface area contributed by atoms with Crippen LogP contribution in [0.15, 0.2) is 24.3 Å². The lowest BCUT2D eigenvalue weighted by Crippen LogP contribution is -2.48. The van der Waals surface area contributed by atoms with Gasteiger partial charge >= 0.3 is 17.9 Å². The molecule has 32 heavy (non-hydrogen) atoms. The molecule has 178 valence electrons. The predicted octanol–water partition coefficient (Wildman–Crippen LogP) is -0.632. The van der Waals surface area contributed by atoms with Crippen LogP contribution in [-0.4, -0.2) is 130 Å². The van der Waals surface area contributed by atoms with E-state index in [1.165, 1.54) is 0 Å². The minimum Gasteiger partial charge on any atom is -0.508 e. The van der Waals surface area contributed by atoms with Crippen LogP contribution in [0.2, 0.25) is 0 Å². The second kappa shape index (κ2) is 13.0. The van der Waals surface area contributed by atoms with E-state index in [-0.39, 0.29) is 25.4 Å².